The molecular weight excluding hydrogens is 265 g/mol. The van der Waals surface area contributed by atoms with Crippen LogP contribution in [-0.4, -0.2) is 25.7 Å². The van der Waals surface area contributed by atoms with Crippen LogP contribution in [0.15, 0.2) is 12.1 Å². The van der Waals surface area contributed by atoms with E-state index in [1.54, 1.807) is 0 Å². The molecule has 1 atom stereocenters. The third-order valence-electron chi connectivity index (χ3n) is 3.57. The summed E-state index contributed by atoms with van der Waals surface area (Å²) >= 11 is 0. The highest BCUT2D eigenvalue weighted by Gasteiger charge is 2.21. The lowest BCUT2D eigenvalue weighted by atomic mass is 10.0. The van der Waals surface area contributed by atoms with E-state index >= 15 is 0 Å². The van der Waals surface area contributed by atoms with Crippen LogP contribution in [0.25, 0.3) is 0 Å². The van der Waals surface area contributed by atoms with E-state index in [1.807, 2.05) is 4.90 Å². The summed E-state index contributed by atoms with van der Waals surface area (Å²) in [7, 11) is 0. The average molecular weight is 286 g/mol. The molecule has 0 aromatic heterocycles. The SMILES string of the molecule is CC(C)CC1CN(c2cc(F)c(F)c(F)c2)CCCN1. The number of hydrogen-bond acceptors (Lipinski definition) is 2. The third kappa shape index (κ3) is 3.66. The van der Waals surface area contributed by atoms with Crippen molar-refractivity contribution in [3.05, 3.63) is 29.6 Å². The van der Waals surface area contributed by atoms with Gasteiger partial charge >= 0.3 is 0 Å². The Morgan fingerprint density at radius 1 is 1.25 bits per heavy atom. The van der Waals surface area contributed by atoms with Gasteiger partial charge < -0.3 is 10.2 Å². The van der Waals surface area contributed by atoms with E-state index in [-0.39, 0.29) is 6.04 Å². The minimum atomic E-state index is -1.40. The first kappa shape index (κ1) is 15.2. The normalized spacial score (nSPS) is 20.3. The molecule has 1 aromatic carbocycles. The number of rotatable bonds is 3. The smallest absolute Gasteiger partial charge is 0.194 e. The van der Waals surface area contributed by atoms with E-state index in [9.17, 15) is 13.2 Å². The predicted molar refractivity (Wildman–Crippen MR) is 74.4 cm³/mol. The van der Waals surface area contributed by atoms with Gasteiger partial charge in [0.15, 0.2) is 17.5 Å². The fourth-order valence-corrected chi connectivity index (χ4v) is 2.68. The molecule has 2 nitrogen and oxygen atoms in total. The van der Waals surface area contributed by atoms with Crippen molar-refractivity contribution in [3.8, 4) is 0 Å². The second-order valence-corrected chi connectivity index (χ2v) is 5.80. The van der Waals surface area contributed by atoms with Crippen LogP contribution in [0, 0.1) is 23.4 Å². The van der Waals surface area contributed by atoms with Crippen LogP contribution in [0.4, 0.5) is 18.9 Å². The number of anilines is 1. The topological polar surface area (TPSA) is 15.3 Å². The number of hydrogen-bond donors (Lipinski definition) is 1. The third-order valence-corrected chi connectivity index (χ3v) is 3.57. The van der Waals surface area contributed by atoms with Crippen LogP contribution < -0.4 is 10.2 Å². The van der Waals surface area contributed by atoms with Crippen LogP contribution in [-0.2, 0) is 0 Å². The molecule has 1 aliphatic rings. The molecule has 20 heavy (non-hydrogen) atoms. The highest BCUT2D eigenvalue weighted by atomic mass is 19.2. The lowest BCUT2D eigenvalue weighted by Gasteiger charge is -2.27. The molecule has 1 saturated heterocycles. The molecule has 1 heterocycles. The van der Waals surface area contributed by atoms with Crippen LogP contribution in [0.3, 0.4) is 0 Å². The Morgan fingerprint density at radius 2 is 1.90 bits per heavy atom. The molecule has 1 unspecified atom stereocenters. The first-order valence-electron chi connectivity index (χ1n) is 7.10. The molecular formula is C15H21F3N2. The Hall–Kier alpha value is -1.23. The van der Waals surface area contributed by atoms with Crippen molar-refractivity contribution >= 4 is 5.69 Å². The summed E-state index contributed by atoms with van der Waals surface area (Å²) in [5, 5.41) is 3.45. The zero-order valence-corrected chi connectivity index (χ0v) is 11.9. The van der Waals surface area contributed by atoms with Gasteiger partial charge in [-0.05, 0) is 25.3 Å². The maximum absolute atomic E-state index is 13.3. The molecule has 2 rings (SSSR count). The lowest BCUT2D eigenvalue weighted by molar-refractivity contribution is 0.434. The van der Waals surface area contributed by atoms with Gasteiger partial charge in [0.05, 0.1) is 0 Å². The zero-order valence-electron chi connectivity index (χ0n) is 11.9. The summed E-state index contributed by atoms with van der Waals surface area (Å²) < 4.78 is 39.7. The van der Waals surface area contributed by atoms with E-state index < -0.39 is 17.5 Å². The summed E-state index contributed by atoms with van der Waals surface area (Å²) in [6.07, 6.45) is 1.90. The van der Waals surface area contributed by atoms with Crippen molar-refractivity contribution in [1.29, 1.82) is 0 Å². The van der Waals surface area contributed by atoms with Gasteiger partial charge in [-0.1, -0.05) is 13.8 Å². The second kappa shape index (κ2) is 6.48. The fourth-order valence-electron chi connectivity index (χ4n) is 2.68. The van der Waals surface area contributed by atoms with Crippen molar-refractivity contribution in [2.75, 3.05) is 24.5 Å². The van der Waals surface area contributed by atoms with E-state index in [0.29, 0.717) is 24.7 Å². The molecule has 0 bridgehead atoms. The van der Waals surface area contributed by atoms with E-state index in [4.69, 9.17) is 0 Å². The zero-order chi connectivity index (χ0) is 14.7. The lowest BCUT2D eigenvalue weighted by Crippen LogP contribution is -2.38. The second-order valence-electron chi connectivity index (χ2n) is 5.80. The van der Waals surface area contributed by atoms with Crippen LogP contribution >= 0.6 is 0 Å². The molecule has 1 aliphatic heterocycles. The van der Waals surface area contributed by atoms with Crippen molar-refractivity contribution in [2.24, 2.45) is 5.92 Å². The van der Waals surface area contributed by atoms with Gasteiger partial charge in [0.25, 0.3) is 0 Å². The molecule has 0 spiro atoms. The molecule has 112 valence electrons. The van der Waals surface area contributed by atoms with E-state index in [0.717, 1.165) is 31.5 Å². The van der Waals surface area contributed by atoms with Crippen molar-refractivity contribution in [3.63, 3.8) is 0 Å². The van der Waals surface area contributed by atoms with Gasteiger partial charge in [-0.3, -0.25) is 0 Å². The molecule has 1 N–H and O–H groups in total. The summed E-state index contributed by atoms with van der Waals surface area (Å²) in [6, 6.07) is 2.44. The molecule has 0 saturated carbocycles. The summed E-state index contributed by atoms with van der Waals surface area (Å²) in [5.41, 5.74) is 0.416. The van der Waals surface area contributed by atoms with Crippen molar-refractivity contribution in [2.45, 2.75) is 32.7 Å². The van der Waals surface area contributed by atoms with Gasteiger partial charge in [-0.2, -0.15) is 0 Å². The Balaban J connectivity index is 2.17. The molecule has 5 heteroatoms. The highest BCUT2D eigenvalue weighted by molar-refractivity contribution is 5.47. The molecule has 0 amide bonds. The number of benzene rings is 1. The summed E-state index contributed by atoms with van der Waals surface area (Å²) in [5.74, 6) is -3.11. The minimum Gasteiger partial charge on any atom is -0.370 e. The highest BCUT2D eigenvalue weighted by Crippen LogP contribution is 2.23. The van der Waals surface area contributed by atoms with Crippen molar-refractivity contribution < 1.29 is 13.2 Å². The van der Waals surface area contributed by atoms with Crippen LogP contribution in [0.5, 0.6) is 0 Å². The number of halogens is 3. The minimum absolute atomic E-state index is 0.286. The quantitative estimate of drug-likeness (QED) is 0.858. The van der Waals surface area contributed by atoms with Gasteiger partial charge in [-0.25, -0.2) is 13.2 Å². The summed E-state index contributed by atoms with van der Waals surface area (Å²) in [4.78, 5) is 1.93. The molecule has 1 aromatic rings. The molecule has 1 fully saturated rings. The Bertz CT molecular complexity index is 439. The number of nitrogens with one attached hydrogen (secondary N) is 1. The summed E-state index contributed by atoms with van der Waals surface area (Å²) in [6.45, 7) is 6.58. The van der Waals surface area contributed by atoms with Crippen LogP contribution in [0.1, 0.15) is 26.7 Å². The van der Waals surface area contributed by atoms with E-state index in [2.05, 4.69) is 19.2 Å². The molecule has 0 aliphatic carbocycles. The van der Waals surface area contributed by atoms with Gasteiger partial charge in [-0.15, -0.1) is 0 Å². The predicted octanol–water partition coefficient (Wildman–Crippen LogP) is 3.32. The van der Waals surface area contributed by atoms with Crippen LogP contribution in [0.2, 0.25) is 0 Å². The molecule has 0 radical (unpaired) electrons. The number of nitrogens with zero attached hydrogens (tertiary/aromatic N) is 1. The van der Waals surface area contributed by atoms with Gasteiger partial charge in [0.2, 0.25) is 0 Å². The Morgan fingerprint density at radius 3 is 2.50 bits per heavy atom. The first-order chi connectivity index (χ1) is 9.47. The van der Waals surface area contributed by atoms with E-state index in [1.165, 1.54) is 0 Å². The van der Waals surface area contributed by atoms with Gasteiger partial charge in [0.1, 0.15) is 0 Å². The Labute approximate surface area is 118 Å². The van der Waals surface area contributed by atoms with Gasteiger partial charge in [0, 0.05) is 37.0 Å². The maximum Gasteiger partial charge on any atom is 0.194 e. The monoisotopic (exact) mass is 286 g/mol. The fraction of sp³-hybridized carbons (Fsp3) is 0.600. The average Bonchev–Trinajstić information content (AvgIpc) is 2.60. The first-order valence-corrected chi connectivity index (χ1v) is 7.10. The largest absolute Gasteiger partial charge is 0.370 e. The standard InChI is InChI=1S/C15H21F3N2/c1-10(2)6-11-9-20(5-3-4-19-11)12-7-13(16)15(18)14(17)8-12/h7-8,10-11,19H,3-6,9H2,1-2H3. The maximum atomic E-state index is 13.3. The van der Waals surface area contributed by atoms with Crippen molar-refractivity contribution in [1.82, 2.24) is 5.32 Å². The Kier molecular flexibility index (Phi) is 4.91.